The quantitative estimate of drug-likeness (QED) is 0.712. The van der Waals surface area contributed by atoms with Crippen molar-refractivity contribution in [2.24, 2.45) is 0 Å². The summed E-state index contributed by atoms with van der Waals surface area (Å²) in [4.78, 5) is 0. The maximum Gasteiger partial charge on any atom is 0.128 e. The van der Waals surface area contributed by atoms with Crippen LogP contribution in [0.25, 0.3) is 10.9 Å². The van der Waals surface area contributed by atoms with E-state index in [1.807, 2.05) is 24.3 Å². The predicted octanol–water partition coefficient (Wildman–Crippen LogP) is 3.56. The Balaban J connectivity index is 2.70. The lowest BCUT2D eigenvalue weighted by atomic mass is 10.1. The molecule has 0 atom stereocenters. The topological polar surface area (TPSA) is 14.2 Å². The first-order valence-electron chi connectivity index (χ1n) is 5.68. The molecule has 88 valence electrons. The molecule has 2 rings (SSSR count). The van der Waals surface area contributed by atoms with Gasteiger partial charge in [-0.1, -0.05) is 18.2 Å². The molecule has 0 aliphatic rings. The third kappa shape index (κ3) is 1.98. The minimum atomic E-state index is 0.806. The molecule has 0 fully saturated rings. The summed E-state index contributed by atoms with van der Waals surface area (Å²) in [7, 11) is 1.71. The van der Waals surface area contributed by atoms with E-state index in [-0.39, 0.29) is 0 Å². The summed E-state index contributed by atoms with van der Waals surface area (Å²) in [5.74, 6) is 0.919. The number of ether oxygens (including phenoxy) is 1. The molecule has 0 saturated carbocycles. The zero-order valence-electron chi connectivity index (χ0n) is 10.1. The average Bonchev–Trinajstić information content (AvgIpc) is 2.69. The first-order chi connectivity index (χ1) is 8.31. The Morgan fingerprint density at radius 3 is 2.76 bits per heavy atom. The Labute approximate surface area is 102 Å². The number of aromatic nitrogens is 1. The number of rotatable bonds is 5. The highest BCUT2D eigenvalue weighted by Gasteiger charge is 2.11. The lowest BCUT2D eigenvalue weighted by Crippen LogP contribution is -1.91. The molecular weight excluding hydrogens is 210 g/mol. The number of hydrogen-bond donors (Lipinski definition) is 0. The molecule has 1 heterocycles. The lowest BCUT2D eigenvalue weighted by Gasteiger charge is -2.04. The smallest absolute Gasteiger partial charge is 0.128 e. The summed E-state index contributed by atoms with van der Waals surface area (Å²) in [6.07, 6.45) is 6.81. The fourth-order valence-corrected chi connectivity index (χ4v) is 2.17. The molecule has 1 aromatic carbocycles. The van der Waals surface area contributed by atoms with Crippen molar-refractivity contribution >= 4 is 10.9 Å². The van der Waals surface area contributed by atoms with Gasteiger partial charge in [0, 0.05) is 18.1 Å². The van der Waals surface area contributed by atoms with Gasteiger partial charge in [0.15, 0.2) is 0 Å². The molecule has 0 unspecified atom stereocenters. The second-order valence-electron chi connectivity index (χ2n) is 3.94. The van der Waals surface area contributed by atoms with Crippen molar-refractivity contribution in [1.82, 2.24) is 4.57 Å². The number of hydrogen-bond acceptors (Lipinski definition) is 1. The van der Waals surface area contributed by atoms with Crippen LogP contribution in [0.5, 0.6) is 5.75 Å². The summed E-state index contributed by atoms with van der Waals surface area (Å²) in [5, 5.41) is 1.18. The van der Waals surface area contributed by atoms with Crippen molar-refractivity contribution in [2.45, 2.75) is 13.0 Å². The van der Waals surface area contributed by atoms with Crippen molar-refractivity contribution in [1.29, 1.82) is 0 Å². The van der Waals surface area contributed by atoms with Crippen LogP contribution < -0.4 is 4.74 Å². The maximum absolute atomic E-state index is 5.43. The molecule has 0 N–H and O–H groups in total. The van der Waals surface area contributed by atoms with Crippen molar-refractivity contribution in [3.8, 4) is 5.75 Å². The number of benzene rings is 1. The van der Waals surface area contributed by atoms with Gasteiger partial charge in [-0.2, -0.15) is 0 Å². The second kappa shape index (κ2) is 4.91. The zero-order valence-corrected chi connectivity index (χ0v) is 10.1. The van der Waals surface area contributed by atoms with E-state index in [0.29, 0.717) is 0 Å². The summed E-state index contributed by atoms with van der Waals surface area (Å²) in [5.41, 5.74) is 2.43. The largest absolute Gasteiger partial charge is 0.496 e. The number of fused-ring (bicyclic) bond motifs is 1. The van der Waals surface area contributed by atoms with E-state index in [1.54, 1.807) is 7.11 Å². The van der Waals surface area contributed by atoms with E-state index in [9.17, 15) is 0 Å². The molecule has 17 heavy (non-hydrogen) atoms. The van der Waals surface area contributed by atoms with Gasteiger partial charge >= 0.3 is 0 Å². The van der Waals surface area contributed by atoms with Gasteiger partial charge < -0.3 is 9.30 Å². The van der Waals surface area contributed by atoms with Crippen LogP contribution >= 0.6 is 0 Å². The Kier molecular flexibility index (Phi) is 3.33. The fraction of sp³-hybridized carbons (Fsp3) is 0.200. The van der Waals surface area contributed by atoms with Gasteiger partial charge in [-0.15, -0.1) is 13.2 Å². The van der Waals surface area contributed by atoms with E-state index in [4.69, 9.17) is 4.74 Å². The highest BCUT2D eigenvalue weighted by molar-refractivity contribution is 5.90. The molecule has 0 radical (unpaired) electrons. The summed E-state index contributed by atoms with van der Waals surface area (Å²) in [6.45, 7) is 8.40. The molecule has 0 amide bonds. The Hall–Kier alpha value is -1.96. The van der Waals surface area contributed by atoms with Crippen molar-refractivity contribution in [3.05, 3.63) is 55.3 Å². The minimum absolute atomic E-state index is 0.806. The van der Waals surface area contributed by atoms with E-state index >= 15 is 0 Å². The van der Waals surface area contributed by atoms with Gasteiger partial charge in [0.2, 0.25) is 0 Å². The molecule has 1 aromatic heterocycles. The lowest BCUT2D eigenvalue weighted by molar-refractivity contribution is 0.419. The summed E-state index contributed by atoms with van der Waals surface area (Å²) in [6, 6.07) is 6.11. The van der Waals surface area contributed by atoms with Crippen LogP contribution in [0.1, 0.15) is 5.56 Å². The van der Waals surface area contributed by atoms with E-state index in [0.717, 1.165) is 18.7 Å². The van der Waals surface area contributed by atoms with Gasteiger partial charge in [0.1, 0.15) is 5.75 Å². The number of methoxy groups -OCH3 is 1. The highest BCUT2D eigenvalue weighted by atomic mass is 16.5. The minimum Gasteiger partial charge on any atom is -0.496 e. The van der Waals surface area contributed by atoms with Crippen LogP contribution in [0.2, 0.25) is 0 Å². The maximum atomic E-state index is 5.43. The van der Waals surface area contributed by atoms with E-state index in [2.05, 4.69) is 30.0 Å². The van der Waals surface area contributed by atoms with Crippen molar-refractivity contribution < 1.29 is 4.74 Å². The molecule has 2 aromatic rings. The van der Waals surface area contributed by atoms with Crippen molar-refractivity contribution in [3.63, 3.8) is 0 Å². The fourth-order valence-electron chi connectivity index (χ4n) is 2.17. The van der Waals surface area contributed by atoms with Crippen LogP contribution in [-0.4, -0.2) is 11.7 Å². The van der Waals surface area contributed by atoms with Crippen LogP contribution in [0, 0.1) is 0 Å². The molecule has 0 saturated heterocycles. The normalized spacial score (nSPS) is 10.4. The molecular formula is C15H17NO. The number of allylic oxidation sites excluding steroid dienone is 2. The molecule has 2 heteroatoms. The second-order valence-corrected chi connectivity index (χ2v) is 3.94. The standard InChI is InChI=1S/C15H17NO/c1-4-7-12-11-16(10-5-2)13-8-6-9-14(17-3)15(12)13/h4-6,8-9,11H,1-2,7,10H2,3H3. The van der Waals surface area contributed by atoms with E-state index in [1.165, 1.54) is 16.5 Å². The first-order valence-corrected chi connectivity index (χ1v) is 5.68. The Morgan fingerprint density at radius 1 is 1.29 bits per heavy atom. The number of nitrogens with zero attached hydrogens (tertiary/aromatic N) is 1. The van der Waals surface area contributed by atoms with Crippen LogP contribution in [0.15, 0.2) is 49.7 Å². The Bertz CT molecular complexity index is 551. The zero-order chi connectivity index (χ0) is 12.3. The first kappa shape index (κ1) is 11.5. The van der Waals surface area contributed by atoms with Crippen molar-refractivity contribution in [2.75, 3.05) is 7.11 Å². The summed E-state index contributed by atoms with van der Waals surface area (Å²) >= 11 is 0. The molecule has 0 aliphatic carbocycles. The molecule has 2 nitrogen and oxygen atoms in total. The molecule has 0 spiro atoms. The summed E-state index contributed by atoms with van der Waals surface area (Å²) < 4.78 is 7.62. The SMILES string of the molecule is C=CCc1cn(CC=C)c2cccc(OC)c12. The predicted molar refractivity (Wildman–Crippen MR) is 72.6 cm³/mol. The van der Waals surface area contributed by atoms with Gasteiger partial charge in [0.25, 0.3) is 0 Å². The third-order valence-corrected chi connectivity index (χ3v) is 2.86. The van der Waals surface area contributed by atoms with Gasteiger partial charge in [-0.3, -0.25) is 0 Å². The average molecular weight is 227 g/mol. The van der Waals surface area contributed by atoms with Gasteiger partial charge in [-0.25, -0.2) is 0 Å². The van der Waals surface area contributed by atoms with Crippen LogP contribution in [-0.2, 0) is 13.0 Å². The monoisotopic (exact) mass is 227 g/mol. The van der Waals surface area contributed by atoms with Gasteiger partial charge in [-0.05, 0) is 24.1 Å². The third-order valence-electron chi connectivity index (χ3n) is 2.86. The van der Waals surface area contributed by atoms with Gasteiger partial charge in [0.05, 0.1) is 12.6 Å². The Morgan fingerprint density at radius 2 is 2.12 bits per heavy atom. The molecule has 0 bridgehead atoms. The van der Waals surface area contributed by atoms with Crippen LogP contribution in [0.3, 0.4) is 0 Å². The highest BCUT2D eigenvalue weighted by Crippen LogP contribution is 2.31. The van der Waals surface area contributed by atoms with E-state index < -0.39 is 0 Å². The molecule has 0 aliphatic heterocycles. The van der Waals surface area contributed by atoms with Crippen LogP contribution in [0.4, 0.5) is 0 Å².